The maximum Gasteiger partial charge on any atom is 0.212 e. The molecule has 3 rings (SSSR count). The lowest BCUT2D eigenvalue weighted by Crippen LogP contribution is -2.31. The fraction of sp³-hybridized carbons (Fsp3) is 0.519. The number of rotatable bonds is 4. The van der Waals surface area contributed by atoms with Gasteiger partial charge in [0.05, 0.1) is 5.41 Å². The van der Waals surface area contributed by atoms with Crippen molar-refractivity contribution in [2.45, 2.75) is 91.5 Å². The first kappa shape index (κ1) is 20.8. The molecule has 1 atom stereocenters. The summed E-state index contributed by atoms with van der Waals surface area (Å²) in [5.41, 5.74) is 8.61. The number of benzene rings is 2. The van der Waals surface area contributed by atoms with Crippen LogP contribution in [0.2, 0.25) is 0 Å². The smallest absolute Gasteiger partial charge is 0.196 e. The highest BCUT2D eigenvalue weighted by atomic mass is 15.1. The lowest BCUT2D eigenvalue weighted by molar-refractivity contribution is -0.513. The van der Waals surface area contributed by atoms with Gasteiger partial charge in [0.2, 0.25) is 5.69 Å². The van der Waals surface area contributed by atoms with Gasteiger partial charge in [-0.15, -0.1) is 0 Å². The van der Waals surface area contributed by atoms with Gasteiger partial charge in [-0.3, -0.25) is 0 Å². The third-order valence-electron chi connectivity index (χ3n) is 6.33. The predicted molar refractivity (Wildman–Crippen MR) is 123 cm³/mol. The third kappa shape index (κ3) is 3.69. The molecule has 0 fully saturated rings. The Morgan fingerprint density at radius 2 is 1.32 bits per heavy atom. The lowest BCUT2D eigenvalue weighted by atomic mass is 9.76. The molecule has 0 N–H and O–H groups in total. The van der Waals surface area contributed by atoms with Crippen molar-refractivity contribution >= 4 is 11.9 Å². The minimum Gasteiger partial charge on any atom is -0.196 e. The van der Waals surface area contributed by atoms with Crippen LogP contribution in [0.5, 0.6) is 0 Å². The summed E-state index contributed by atoms with van der Waals surface area (Å²) in [6.07, 6.45) is 3.64. The standard InChI is InChI=1S/C27H38N/c1-18(2)23-11-10-12-24(19(3)4)25(23)28-17-27(9,16-26(28,7)8)22-14-20(5)13-21(6)15-22/h10-15,17-19H,16H2,1-9H3/q+1/t27-/m0/s1. The van der Waals surface area contributed by atoms with Crippen LogP contribution in [-0.2, 0) is 5.41 Å². The first-order valence-electron chi connectivity index (χ1n) is 10.8. The van der Waals surface area contributed by atoms with E-state index in [0.717, 1.165) is 6.42 Å². The second-order valence-electron chi connectivity index (χ2n) is 10.4. The molecule has 0 radical (unpaired) electrons. The second kappa shape index (κ2) is 7.17. The zero-order chi connectivity index (χ0) is 20.9. The monoisotopic (exact) mass is 376 g/mol. The Kier molecular flexibility index (Phi) is 5.34. The van der Waals surface area contributed by atoms with Gasteiger partial charge in [-0.1, -0.05) is 75.2 Å². The van der Waals surface area contributed by atoms with Gasteiger partial charge < -0.3 is 0 Å². The molecule has 0 aromatic heterocycles. The molecule has 0 saturated carbocycles. The molecule has 0 amide bonds. The minimum absolute atomic E-state index is 0.0403. The summed E-state index contributed by atoms with van der Waals surface area (Å²) in [6, 6.07) is 13.9. The Labute approximate surface area is 172 Å². The fourth-order valence-corrected chi connectivity index (χ4v) is 5.13. The van der Waals surface area contributed by atoms with Crippen molar-refractivity contribution in [1.82, 2.24) is 0 Å². The van der Waals surface area contributed by atoms with Crippen LogP contribution in [0, 0.1) is 13.8 Å². The Morgan fingerprint density at radius 1 is 0.821 bits per heavy atom. The Bertz CT molecular complexity index is 867. The van der Waals surface area contributed by atoms with E-state index in [0.29, 0.717) is 11.8 Å². The maximum absolute atomic E-state index is 2.61. The highest BCUT2D eigenvalue weighted by Gasteiger charge is 2.50. The first-order valence-corrected chi connectivity index (χ1v) is 10.8. The molecule has 2 aromatic rings. The van der Waals surface area contributed by atoms with Gasteiger partial charge in [-0.2, -0.15) is 4.58 Å². The summed E-state index contributed by atoms with van der Waals surface area (Å²) in [7, 11) is 0. The average molecular weight is 377 g/mol. The van der Waals surface area contributed by atoms with Crippen LogP contribution < -0.4 is 0 Å². The molecular weight excluding hydrogens is 338 g/mol. The summed E-state index contributed by atoms with van der Waals surface area (Å²) < 4.78 is 2.61. The number of para-hydroxylation sites is 1. The molecule has 1 aliphatic rings. The predicted octanol–water partition coefficient (Wildman–Crippen LogP) is 7.41. The van der Waals surface area contributed by atoms with E-state index in [4.69, 9.17) is 0 Å². The first-order chi connectivity index (χ1) is 12.9. The lowest BCUT2D eigenvalue weighted by Gasteiger charge is -2.25. The molecule has 150 valence electrons. The summed E-state index contributed by atoms with van der Waals surface area (Å²) >= 11 is 0. The number of nitrogens with zero attached hydrogens (tertiary/aromatic N) is 1. The molecule has 0 spiro atoms. The van der Waals surface area contributed by atoms with Crippen LogP contribution in [0.4, 0.5) is 5.69 Å². The van der Waals surface area contributed by atoms with Gasteiger partial charge in [0.1, 0.15) is 0 Å². The van der Waals surface area contributed by atoms with E-state index < -0.39 is 0 Å². The summed E-state index contributed by atoms with van der Waals surface area (Å²) in [5.74, 6) is 1.01. The van der Waals surface area contributed by atoms with Crippen molar-refractivity contribution in [3.05, 3.63) is 64.2 Å². The van der Waals surface area contributed by atoms with Gasteiger partial charge in [0.25, 0.3) is 0 Å². The van der Waals surface area contributed by atoms with Gasteiger partial charge in [-0.25, -0.2) is 0 Å². The van der Waals surface area contributed by atoms with E-state index in [1.54, 1.807) is 0 Å². The van der Waals surface area contributed by atoms with Gasteiger partial charge >= 0.3 is 0 Å². The van der Waals surface area contributed by atoms with E-state index in [-0.39, 0.29) is 11.0 Å². The number of hydrogen-bond donors (Lipinski definition) is 0. The van der Waals surface area contributed by atoms with Crippen molar-refractivity contribution in [1.29, 1.82) is 0 Å². The topological polar surface area (TPSA) is 3.01 Å². The molecule has 0 saturated heterocycles. The van der Waals surface area contributed by atoms with Gasteiger partial charge in [-0.05, 0) is 38.2 Å². The summed E-state index contributed by atoms with van der Waals surface area (Å²) in [6.45, 7) is 20.9. The van der Waals surface area contributed by atoms with Crippen LogP contribution in [0.15, 0.2) is 36.4 Å². The SMILES string of the molecule is Cc1cc(C)cc([C@]2(C)C=[N+](c3c(C(C)C)cccc3C(C)C)C(C)(C)C2)c1. The van der Waals surface area contributed by atoms with Crippen LogP contribution in [0.3, 0.4) is 0 Å². The summed E-state index contributed by atoms with van der Waals surface area (Å²) in [5, 5.41) is 0. The molecule has 28 heavy (non-hydrogen) atoms. The molecule has 1 nitrogen and oxygen atoms in total. The molecule has 1 heterocycles. The van der Waals surface area contributed by atoms with Crippen molar-refractivity contribution in [3.8, 4) is 0 Å². The van der Waals surface area contributed by atoms with Crippen molar-refractivity contribution < 1.29 is 4.58 Å². The van der Waals surface area contributed by atoms with E-state index >= 15 is 0 Å². The highest BCUT2D eigenvalue weighted by Crippen LogP contribution is 2.45. The Balaban J connectivity index is 2.26. The van der Waals surface area contributed by atoms with Crippen LogP contribution in [0.25, 0.3) is 0 Å². The second-order valence-corrected chi connectivity index (χ2v) is 10.4. The largest absolute Gasteiger partial charge is 0.212 e. The normalized spacial score (nSPS) is 21.5. The van der Waals surface area contributed by atoms with E-state index in [1.165, 1.54) is 33.5 Å². The maximum atomic E-state index is 2.61. The Hall–Kier alpha value is -1.89. The summed E-state index contributed by atoms with van der Waals surface area (Å²) in [4.78, 5) is 0. The van der Waals surface area contributed by atoms with Crippen LogP contribution in [-0.4, -0.2) is 16.3 Å². The molecule has 0 bridgehead atoms. The Morgan fingerprint density at radius 3 is 1.79 bits per heavy atom. The number of hydrogen-bond acceptors (Lipinski definition) is 0. The van der Waals surface area contributed by atoms with E-state index in [2.05, 4.69) is 110 Å². The zero-order valence-electron chi connectivity index (χ0n) is 19.4. The molecule has 1 aliphatic heterocycles. The molecule has 0 unspecified atom stereocenters. The van der Waals surface area contributed by atoms with Gasteiger partial charge in [0.15, 0.2) is 11.8 Å². The van der Waals surface area contributed by atoms with Gasteiger partial charge in [0, 0.05) is 31.4 Å². The zero-order valence-corrected chi connectivity index (χ0v) is 19.4. The highest BCUT2D eigenvalue weighted by molar-refractivity contribution is 5.74. The van der Waals surface area contributed by atoms with Crippen molar-refractivity contribution in [3.63, 3.8) is 0 Å². The quantitative estimate of drug-likeness (QED) is 0.489. The number of aryl methyl sites for hydroxylation is 2. The molecule has 1 heteroatoms. The van der Waals surface area contributed by atoms with Crippen LogP contribution >= 0.6 is 0 Å². The van der Waals surface area contributed by atoms with Crippen molar-refractivity contribution in [2.75, 3.05) is 0 Å². The van der Waals surface area contributed by atoms with E-state index in [9.17, 15) is 0 Å². The molecular formula is C27H38N+. The molecule has 2 aromatic carbocycles. The minimum atomic E-state index is 0.0403. The van der Waals surface area contributed by atoms with Crippen LogP contribution in [0.1, 0.15) is 94.5 Å². The molecule has 0 aliphatic carbocycles. The fourth-order valence-electron chi connectivity index (χ4n) is 5.13. The third-order valence-corrected chi connectivity index (χ3v) is 6.33. The average Bonchev–Trinajstić information content (AvgIpc) is 2.83. The van der Waals surface area contributed by atoms with Crippen molar-refractivity contribution in [2.24, 2.45) is 0 Å². The van der Waals surface area contributed by atoms with E-state index in [1.807, 2.05) is 0 Å².